The van der Waals surface area contributed by atoms with E-state index < -0.39 is 5.97 Å². The molecule has 122 valence electrons. The van der Waals surface area contributed by atoms with E-state index >= 15 is 0 Å². The van der Waals surface area contributed by atoms with E-state index in [1.54, 1.807) is 24.3 Å². The zero-order valence-electron chi connectivity index (χ0n) is 13.2. The van der Waals surface area contributed by atoms with E-state index in [9.17, 15) is 9.59 Å². The Bertz CT molecular complexity index is 1020. The average Bonchev–Trinajstić information content (AvgIpc) is 3.07. The number of carbonyl (C=O) groups is 2. The van der Waals surface area contributed by atoms with Crippen LogP contribution in [0, 0.1) is 0 Å². The highest BCUT2D eigenvalue weighted by molar-refractivity contribution is 6.28. The number of oxime groups is 1. The van der Waals surface area contributed by atoms with Crippen molar-refractivity contribution in [2.45, 2.75) is 6.92 Å². The zero-order valence-corrected chi connectivity index (χ0v) is 13.2. The normalized spacial score (nSPS) is 14.1. The number of rotatable bonds is 2. The van der Waals surface area contributed by atoms with Gasteiger partial charge in [-0.25, -0.2) is 9.48 Å². The number of hydrogen-bond acceptors (Lipinski definition) is 6. The first-order valence-electron chi connectivity index (χ1n) is 7.58. The van der Waals surface area contributed by atoms with Crippen molar-refractivity contribution in [2.24, 2.45) is 5.16 Å². The van der Waals surface area contributed by atoms with Gasteiger partial charge >= 0.3 is 5.97 Å². The molecule has 0 atom stereocenters. The highest BCUT2D eigenvalue weighted by Crippen LogP contribution is 2.28. The number of aromatic nitrogens is 3. The molecule has 1 aliphatic carbocycles. The summed E-state index contributed by atoms with van der Waals surface area (Å²) in [6, 6.07) is 16.2. The van der Waals surface area contributed by atoms with Gasteiger partial charge in [-0.1, -0.05) is 52.8 Å². The van der Waals surface area contributed by atoms with E-state index in [0.717, 1.165) is 0 Å². The van der Waals surface area contributed by atoms with Crippen LogP contribution in [-0.4, -0.2) is 32.5 Å². The smallest absolute Gasteiger partial charge is 0.318 e. The van der Waals surface area contributed by atoms with Crippen molar-refractivity contribution in [3.05, 3.63) is 77.1 Å². The molecule has 0 saturated carbocycles. The maximum absolute atomic E-state index is 13.0. The maximum Gasteiger partial charge on any atom is 0.332 e. The van der Waals surface area contributed by atoms with Crippen LogP contribution in [0.15, 0.2) is 59.8 Å². The second-order valence-electron chi connectivity index (χ2n) is 5.43. The molecule has 0 unspecified atom stereocenters. The van der Waals surface area contributed by atoms with Crippen molar-refractivity contribution in [3.63, 3.8) is 0 Å². The summed E-state index contributed by atoms with van der Waals surface area (Å²) >= 11 is 0. The van der Waals surface area contributed by atoms with Gasteiger partial charge in [-0.3, -0.25) is 4.79 Å². The Kier molecular flexibility index (Phi) is 3.46. The van der Waals surface area contributed by atoms with Crippen molar-refractivity contribution >= 4 is 17.5 Å². The minimum absolute atomic E-state index is 0.207. The minimum atomic E-state index is -0.557. The number of benzene rings is 2. The lowest BCUT2D eigenvalue weighted by Crippen LogP contribution is -2.24. The van der Waals surface area contributed by atoms with Crippen LogP contribution >= 0.6 is 0 Å². The van der Waals surface area contributed by atoms with Gasteiger partial charge in [0.1, 0.15) is 17.1 Å². The molecule has 0 radical (unpaired) electrons. The molecule has 3 aromatic rings. The first-order valence-corrected chi connectivity index (χ1v) is 7.58. The number of ketones is 1. The first-order chi connectivity index (χ1) is 12.2. The molecule has 0 spiro atoms. The Hall–Kier alpha value is -3.61. The molecular weight excluding hydrogens is 320 g/mol. The van der Waals surface area contributed by atoms with Crippen molar-refractivity contribution in [1.82, 2.24) is 15.0 Å². The fourth-order valence-electron chi connectivity index (χ4n) is 2.74. The zero-order chi connectivity index (χ0) is 17.4. The van der Waals surface area contributed by atoms with Crippen LogP contribution in [-0.2, 0) is 9.63 Å². The first kappa shape index (κ1) is 14.9. The molecule has 2 aromatic carbocycles. The van der Waals surface area contributed by atoms with Crippen LogP contribution < -0.4 is 0 Å². The largest absolute Gasteiger partial charge is 0.332 e. The van der Waals surface area contributed by atoms with Gasteiger partial charge in [0.25, 0.3) is 0 Å². The van der Waals surface area contributed by atoms with Crippen LogP contribution in [0.3, 0.4) is 0 Å². The lowest BCUT2D eigenvalue weighted by molar-refractivity contribution is -0.140. The number of nitrogens with zero attached hydrogens (tertiary/aromatic N) is 4. The van der Waals surface area contributed by atoms with Crippen LogP contribution in [0.5, 0.6) is 0 Å². The van der Waals surface area contributed by atoms with Gasteiger partial charge in [-0.15, -0.1) is 5.10 Å². The number of fused-ring (bicyclic) bond motifs is 2. The van der Waals surface area contributed by atoms with Crippen molar-refractivity contribution in [1.29, 1.82) is 0 Å². The molecule has 0 amide bonds. The quantitative estimate of drug-likeness (QED) is 0.414. The van der Waals surface area contributed by atoms with Gasteiger partial charge in [0.05, 0.1) is 5.69 Å². The molecular formula is C18H12N4O3. The van der Waals surface area contributed by atoms with Gasteiger partial charge in [-0.2, -0.15) is 0 Å². The molecule has 1 heterocycles. The summed E-state index contributed by atoms with van der Waals surface area (Å²) in [5.41, 5.74) is 2.60. The van der Waals surface area contributed by atoms with Crippen LogP contribution in [0.2, 0.25) is 0 Å². The molecule has 0 aliphatic heterocycles. The molecule has 0 bridgehead atoms. The van der Waals surface area contributed by atoms with E-state index in [-0.39, 0.29) is 17.2 Å². The van der Waals surface area contributed by atoms with Crippen molar-refractivity contribution < 1.29 is 14.4 Å². The third-order valence-electron chi connectivity index (χ3n) is 3.80. The molecule has 1 aliphatic rings. The van der Waals surface area contributed by atoms with Gasteiger partial charge in [0.15, 0.2) is 0 Å². The predicted molar refractivity (Wildman–Crippen MR) is 88.6 cm³/mol. The predicted octanol–water partition coefficient (Wildman–Crippen LogP) is 2.13. The van der Waals surface area contributed by atoms with Crippen LogP contribution in [0.1, 0.15) is 34.2 Å². The topological polar surface area (TPSA) is 86.4 Å². The van der Waals surface area contributed by atoms with Gasteiger partial charge in [0.2, 0.25) is 5.78 Å². The number of para-hydroxylation sites is 1. The third-order valence-corrected chi connectivity index (χ3v) is 3.80. The van der Waals surface area contributed by atoms with Crippen LogP contribution in [0.25, 0.3) is 5.69 Å². The Labute approximate surface area is 142 Å². The summed E-state index contributed by atoms with van der Waals surface area (Å²) in [7, 11) is 0. The summed E-state index contributed by atoms with van der Waals surface area (Å²) in [4.78, 5) is 29.0. The molecule has 7 heteroatoms. The van der Waals surface area contributed by atoms with E-state index in [0.29, 0.717) is 22.5 Å². The Morgan fingerprint density at radius 2 is 1.72 bits per heavy atom. The molecule has 25 heavy (non-hydrogen) atoms. The molecule has 4 rings (SSSR count). The maximum atomic E-state index is 13.0. The standard InChI is InChI=1S/C18H12N4O3/c1-11(23)25-20-15-13-9-5-6-10-14(13)18(24)17-16(15)19-21-22(17)12-7-3-2-4-8-12/h2-10H,1H3/b20-15-. The van der Waals surface area contributed by atoms with E-state index in [1.165, 1.54) is 11.6 Å². The van der Waals surface area contributed by atoms with Gasteiger partial charge < -0.3 is 4.84 Å². The molecule has 0 N–H and O–H groups in total. The van der Waals surface area contributed by atoms with E-state index in [4.69, 9.17) is 4.84 Å². The highest BCUT2D eigenvalue weighted by Gasteiger charge is 2.34. The second kappa shape index (κ2) is 5.79. The Balaban J connectivity index is 1.96. The van der Waals surface area contributed by atoms with E-state index in [2.05, 4.69) is 15.5 Å². The fourth-order valence-corrected chi connectivity index (χ4v) is 2.74. The Morgan fingerprint density at radius 3 is 2.44 bits per heavy atom. The molecule has 0 fully saturated rings. The molecule has 7 nitrogen and oxygen atoms in total. The molecule has 1 aromatic heterocycles. The lowest BCUT2D eigenvalue weighted by Gasteiger charge is -2.16. The van der Waals surface area contributed by atoms with Gasteiger partial charge in [0, 0.05) is 18.1 Å². The SMILES string of the molecule is CC(=O)O/N=C1/c2ccccc2C(=O)c2c1nnn2-c1ccccc1. The summed E-state index contributed by atoms with van der Waals surface area (Å²) in [6.07, 6.45) is 0. The summed E-state index contributed by atoms with van der Waals surface area (Å²) in [5.74, 6) is -0.764. The second-order valence-corrected chi connectivity index (χ2v) is 5.43. The third kappa shape index (κ3) is 2.42. The summed E-state index contributed by atoms with van der Waals surface area (Å²) in [5, 5.41) is 12.1. The molecule has 0 saturated heterocycles. The van der Waals surface area contributed by atoms with Gasteiger partial charge in [-0.05, 0) is 12.1 Å². The fraction of sp³-hybridized carbons (Fsp3) is 0.0556. The monoisotopic (exact) mass is 332 g/mol. The number of hydrogen-bond donors (Lipinski definition) is 0. The van der Waals surface area contributed by atoms with Crippen molar-refractivity contribution in [3.8, 4) is 5.69 Å². The average molecular weight is 332 g/mol. The van der Waals surface area contributed by atoms with Crippen molar-refractivity contribution in [2.75, 3.05) is 0 Å². The minimum Gasteiger partial charge on any atom is -0.318 e. The lowest BCUT2D eigenvalue weighted by atomic mass is 9.89. The Morgan fingerprint density at radius 1 is 1.04 bits per heavy atom. The summed E-state index contributed by atoms with van der Waals surface area (Å²) < 4.78 is 1.47. The number of carbonyl (C=O) groups excluding carboxylic acids is 2. The van der Waals surface area contributed by atoms with E-state index in [1.807, 2.05) is 30.3 Å². The highest BCUT2D eigenvalue weighted by atomic mass is 16.7. The van der Waals surface area contributed by atoms with Crippen LogP contribution in [0.4, 0.5) is 0 Å². The summed E-state index contributed by atoms with van der Waals surface area (Å²) in [6.45, 7) is 1.26.